The van der Waals surface area contributed by atoms with Gasteiger partial charge in [-0.2, -0.15) is 0 Å². The van der Waals surface area contributed by atoms with Gasteiger partial charge in [-0.3, -0.25) is 4.57 Å². The largest absolute Gasteiger partial charge is 0.360 e. The van der Waals surface area contributed by atoms with E-state index in [1.807, 2.05) is 6.07 Å². The Bertz CT molecular complexity index is 365. The minimum atomic E-state index is -3.12. The van der Waals surface area contributed by atoms with Gasteiger partial charge in [0.2, 0.25) is 0 Å². The molecule has 0 amide bonds. The molecule has 0 aromatic heterocycles. The Morgan fingerprint density at radius 3 is 2.50 bits per heavy atom. The average Bonchev–Trinajstić information content (AvgIpc) is 2.28. The van der Waals surface area contributed by atoms with Gasteiger partial charge in [0, 0.05) is 14.2 Å². The first-order valence-corrected chi connectivity index (χ1v) is 5.65. The Hall–Kier alpha value is -0.890. The maximum atomic E-state index is 11.9. The zero-order chi connectivity index (χ0) is 10.6. The summed E-state index contributed by atoms with van der Waals surface area (Å²) in [6, 6.07) is 7.10. The second kappa shape index (κ2) is 4.56. The van der Waals surface area contributed by atoms with E-state index < -0.39 is 7.60 Å². The summed E-state index contributed by atoms with van der Waals surface area (Å²) in [6.07, 6.45) is 1.68. The van der Waals surface area contributed by atoms with Gasteiger partial charge < -0.3 is 9.05 Å². The smallest absolute Gasteiger partial charge is 0.309 e. The van der Waals surface area contributed by atoms with Crippen molar-refractivity contribution in [3.63, 3.8) is 0 Å². The molecule has 76 valence electrons. The van der Waals surface area contributed by atoms with Crippen molar-refractivity contribution < 1.29 is 13.6 Å². The van der Waals surface area contributed by atoms with Gasteiger partial charge in [-0.25, -0.2) is 0 Å². The lowest BCUT2D eigenvalue weighted by atomic mass is 10.2. The van der Waals surface area contributed by atoms with Crippen molar-refractivity contribution in [1.82, 2.24) is 0 Å². The molecule has 14 heavy (non-hydrogen) atoms. The highest BCUT2D eigenvalue weighted by Gasteiger charge is 2.23. The van der Waals surface area contributed by atoms with Crippen LogP contribution in [0.4, 0.5) is 0 Å². The Morgan fingerprint density at radius 1 is 1.36 bits per heavy atom. The third-order valence-corrected chi connectivity index (χ3v) is 3.77. The molecule has 0 fully saturated rings. The van der Waals surface area contributed by atoms with Crippen LogP contribution in [-0.2, 0) is 13.6 Å². The van der Waals surface area contributed by atoms with Crippen molar-refractivity contribution in [3.8, 4) is 0 Å². The molecular weight excluding hydrogens is 199 g/mol. The van der Waals surface area contributed by atoms with Gasteiger partial charge in [-0.1, -0.05) is 24.8 Å². The second-order valence-electron chi connectivity index (χ2n) is 2.66. The lowest BCUT2D eigenvalue weighted by Crippen LogP contribution is -2.07. The lowest BCUT2D eigenvalue weighted by Gasteiger charge is -2.13. The zero-order valence-electron chi connectivity index (χ0n) is 8.27. The minimum absolute atomic E-state index is 0.542. The summed E-state index contributed by atoms with van der Waals surface area (Å²) in [5.41, 5.74) is 0.886. The van der Waals surface area contributed by atoms with E-state index in [9.17, 15) is 4.57 Å². The maximum absolute atomic E-state index is 11.9. The zero-order valence-corrected chi connectivity index (χ0v) is 9.16. The molecule has 0 bridgehead atoms. The summed E-state index contributed by atoms with van der Waals surface area (Å²) in [6.45, 7) is 3.63. The fourth-order valence-corrected chi connectivity index (χ4v) is 2.25. The van der Waals surface area contributed by atoms with E-state index in [2.05, 4.69) is 6.58 Å². The highest BCUT2D eigenvalue weighted by Crippen LogP contribution is 2.44. The van der Waals surface area contributed by atoms with E-state index in [4.69, 9.17) is 9.05 Å². The van der Waals surface area contributed by atoms with Gasteiger partial charge in [0.25, 0.3) is 0 Å². The molecule has 0 aliphatic rings. The van der Waals surface area contributed by atoms with E-state index in [-0.39, 0.29) is 0 Å². The van der Waals surface area contributed by atoms with Gasteiger partial charge in [-0.05, 0) is 17.7 Å². The van der Waals surface area contributed by atoms with Gasteiger partial charge >= 0.3 is 7.60 Å². The Kier molecular flexibility index (Phi) is 3.64. The molecule has 1 aromatic rings. The predicted molar refractivity (Wildman–Crippen MR) is 57.8 cm³/mol. The van der Waals surface area contributed by atoms with E-state index in [1.54, 1.807) is 24.3 Å². The topological polar surface area (TPSA) is 35.5 Å². The van der Waals surface area contributed by atoms with Gasteiger partial charge in [0.05, 0.1) is 5.30 Å². The quantitative estimate of drug-likeness (QED) is 0.719. The van der Waals surface area contributed by atoms with Crippen LogP contribution >= 0.6 is 7.60 Å². The molecule has 0 saturated heterocycles. The van der Waals surface area contributed by atoms with Crippen LogP contribution in [0.2, 0.25) is 0 Å². The molecule has 0 aliphatic carbocycles. The summed E-state index contributed by atoms with van der Waals surface area (Å²) in [4.78, 5) is 0. The van der Waals surface area contributed by atoms with Crippen LogP contribution in [-0.4, -0.2) is 14.2 Å². The maximum Gasteiger partial charge on any atom is 0.360 e. The number of benzene rings is 1. The molecular formula is C10H13O3P. The SMILES string of the molecule is C=Cc1cccc(P(=O)(OC)OC)c1. The highest BCUT2D eigenvalue weighted by atomic mass is 31.2. The van der Waals surface area contributed by atoms with Crippen LogP contribution in [0.5, 0.6) is 0 Å². The van der Waals surface area contributed by atoms with Crippen molar-refractivity contribution >= 4 is 19.0 Å². The average molecular weight is 212 g/mol. The molecule has 0 radical (unpaired) electrons. The fourth-order valence-electron chi connectivity index (χ4n) is 1.11. The van der Waals surface area contributed by atoms with E-state index in [0.717, 1.165) is 5.56 Å². The van der Waals surface area contributed by atoms with Crippen molar-refractivity contribution in [2.75, 3.05) is 14.2 Å². The van der Waals surface area contributed by atoms with Crippen molar-refractivity contribution in [2.24, 2.45) is 0 Å². The first kappa shape index (κ1) is 11.2. The summed E-state index contributed by atoms with van der Waals surface area (Å²) in [5.74, 6) is 0. The van der Waals surface area contributed by atoms with Crippen LogP contribution in [0.25, 0.3) is 6.08 Å². The van der Waals surface area contributed by atoms with Crippen molar-refractivity contribution in [1.29, 1.82) is 0 Å². The monoisotopic (exact) mass is 212 g/mol. The summed E-state index contributed by atoms with van der Waals surface area (Å²) < 4.78 is 21.7. The third kappa shape index (κ3) is 2.13. The van der Waals surface area contributed by atoms with Crippen LogP contribution in [0.15, 0.2) is 30.8 Å². The number of hydrogen-bond acceptors (Lipinski definition) is 3. The first-order chi connectivity index (χ1) is 6.66. The van der Waals surface area contributed by atoms with Gasteiger partial charge in [-0.15, -0.1) is 0 Å². The Labute approximate surface area is 83.9 Å². The molecule has 0 saturated carbocycles. The molecule has 0 unspecified atom stereocenters. The van der Waals surface area contributed by atoms with Crippen LogP contribution in [0, 0.1) is 0 Å². The summed E-state index contributed by atoms with van der Waals surface area (Å²) in [7, 11) is -0.390. The Balaban J connectivity index is 3.17. The third-order valence-electron chi connectivity index (χ3n) is 1.90. The second-order valence-corrected chi connectivity index (χ2v) is 4.90. The van der Waals surface area contributed by atoms with Crippen LogP contribution in [0.3, 0.4) is 0 Å². The Morgan fingerprint density at radius 2 is 2.00 bits per heavy atom. The number of hydrogen-bond donors (Lipinski definition) is 0. The molecule has 4 heteroatoms. The van der Waals surface area contributed by atoms with Crippen molar-refractivity contribution in [3.05, 3.63) is 36.4 Å². The van der Waals surface area contributed by atoms with E-state index in [1.165, 1.54) is 14.2 Å². The lowest BCUT2D eigenvalue weighted by molar-refractivity contribution is 0.287. The fraction of sp³-hybridized carbons (Fsp3) is 0.200. The van der Waals surface area contributed by atoms with E-state index in [0.29, 0.717) is 5.30 Å². The molecule has 0 atom stereocenters. The summed E-state index contributed by atoms with van der Waals surface area (Å²) in [5, 5.41) is 0.542. The molecule has 1 aromatic carbocycles. The molecule has 0 aliphatic heterocycles. The highest BCUT2D eigenvalue weighted by molar-refractivity contribution is 7.62. The molecule has 3 nitrogen and oxygen atoms in total. The molecule has 0 heterocycles. The normalized spacial score (nSPS) is 11.3. The first-order valence-electron chi connectivity index (χ1n) is 4.11. The van der Waals surface area contributed by atoms with Gasteiger partial charge in [0.1, 0.15) is 0 Å². The number of rotatable bonds is 4. The molecule has 0 N–H and O–H groups in total. The molecule has 1 rings (SSSR count). The van der Waals surface area contributed by atoms with Gasteiger partial charge in [0.15, 0.2) is 0 Å². The van der Waals surface area contributed by atoms with Crippen molar-refractivity contribution in [2.45, 2.75) is 0 Å². The van der Waals surface area contributed by atoms with Crippen LogP contribution < -0.4 is 5.30 Å². The predicted octanol–water partition coefficient (Wildman–Crippen LogP) is 2.44. The summed E-state index contributed by atoms with van der Waals surface area (Å²) >= 11 is 0. The molecule has 0 spiro atoms. The standard InChI is InChI=1S/C10H13O3P/c1-4-9-6-5-7-10(8-9)14(11,12-2)13-3/h4-8H,1H2,2-3H3. The van der Waals surface area contributed by atoms with E-state index >= 15 is 0 Å². The van der Waals surface area contributed by atoms with Crippen LogP contribution in [0.1, 0.15) is 5.56 Å². The minimum Gasteiger partial charge on any atom is -0.309 e.